The molecule has 18 heavy (non-hydrogen) atoms. The third-order valence-corrected chi connectivity index (χ3v) is 3.04. The average Bonchev–Trinajstić information content (AvgIpc) is 2.93. The molecule has 6 nitrogen and oxygen atoms in total. The fraction of sp³-hybridized carbons (Fsp3) is 0.833. The van der Waals surface area contributed by atoms with E-state index < -0.39 is 0 Å². The molecule has 102 valence electrons. The maximum atomic E-state index is 5.68. The van der Waals surface area contributed by atoms with Gasteiger partial charge in [0.15, 0.2) is 0 Å². The van der Waals surface area contributed by atoms with Crippen LogP contribution in [-0.4, -0.2) is 35.0 Å². The van der Waals surface area contributed by atoms with Crippen molar-refractivity contribution in [1.29, 1.82) is 0 Å². The molecule has 0 amide bonds. The maximum Gasteiger partial charge on any atom is 0.315 e. The smallest absolute Gasteiger partial charge is 0.315 e. The summed E-state index contributed by atoms with van der Waals surface area (Å²) in [5, 5.41) is 14.3. The van der Waals surface area contributed by atoms with Gasteiger partial charge in [-0.05, 0) is 19.8 Å². The minimum absolute atomic E-state index is 0.106. The van der Waals surface area contributed by atoms with E-state index >= 15 is 0 Å². The normalized spacial score (nSPS) is 23.8. The Kier molecular flexibility index (Phi) is 4.19. The molecule has 0 spiro atoms. The van der Waals surface area contributed by atoms with E-state index in [9.17, 15) is 0 Å². The number of aromatic nitrogens is 2. The van der Waals surface area contributed by atoms with Crippen LogP contribution in [0.3, 0.4) is 0 Å². The molecule has 1 aliphatic heterocycles. The van der Waals surface area contributed by atoms with E-state index in [4.69, 9.17) is 9.15 Å². The lowest BCUT2D eigenvalue weighted by Gasteiger charge is -2.22. The van der Waals surface area contributed by atoms with Crippen molar-refractivity contribution in [2.45, 2.75) is 51.8 Å². The second kappa shape index (κ2) is 5.67. The molecule has 2 N–H and O–H groups in total. The van der Waals surface area contributed by atoms with Crippen LogP contribution in [0.25, 0.3) is 0 Å². The van der Waals surface area contributed by atoms with Gasteiger partial charge in [0.1, 0.15) is 0 Å². The lowest BCUT2D eigenvalue weighted by Crippen LogP contribution is -2.32. The lowest BCUT2D eigenvalue weighted by molar-refractivity contribution is 0.0311. The van der Waals surface area contributed by atoms with Crippen molar-refractivity contribution < 1.29 is 9.15 Å². The molecule has 2 heterocycles. The van der Waals surface area contributed by atoms with Gasteiger partial charge in [-0.2, -0.15) is 0 Å². The van der Waals surface area contributed by atoms with Crippen molar-refractivity contribution in [3.8, 4) is 0 Å². The van der Waals surface area contributed by atoms with Gasteiger partial charge >= 0.3 is 6.01 Å². The second-order valence-corrected chi connectivity index (χ2v) is 5.29. The molecule has 1 fully saturated rings. The Labute approximate surface area is 107 Å². The molecule has 0 aromatic carbocycles. The highest BCUT2D eigenvalue weighted by molar-refractivity contribution is 5.18. The van der Waals surface area contributed by atoms with E-state index in [0.717, 1.165) is 19.4 Å². The van der Waals surface area contributed by atoms with Gasteiger partial charge in [-0.25, -0.2) is 0 Å². The summed E-state index contributed by atoms with van der Waals surface area (Å²) in [5.74, 6) is 0.601. The highest BCUT2D eigenvalue weighted by Gasteiger charge is 2.29. The predicted molar refractivity (Wildman–Crippen MR) is 68.4 cm³/mol. The summed E-state index contributed by atoms with van der Waals surface area (Å²) in [6.45, 7) is 8.39. The van der Waals surface area contributed by atoms with Crippen LogP contribution in [0.2, 0.25) is 0 Å². The third kappa shape index (κ3) is 3.68. The molecule has 6 heteroatoms. The molecule has 1 atom stereocenters. The molecular formula is C12H22N4O2. The van der Waals surface area contributed by atoms with Gasteiger partial charge in [-0.3, -0.25) is 0 Å². The van der Waals surface area contributed by atoms with E-state index in [-0.39, 0.29) is 5.60 Å². The molecule has 1 aromatic heterocycles. The van der Waals surface area contributed by atoms with Gasteiger partial charge in [0.05, 0.1) is 12.1 Å². The van der Waals surface area contributed by atoms with Crippen LogP contribution in [0.1, 0.15) is 39.5 Å². The van der Waals surface area contributed by atoms with E-state index in [0.29, 0.717) is 31.0 Å². The minimum Gasteiger partial charge on any atom is -0.407 e. The first kappa shape index (κ1) is 13.3. The summed E-state index contributed by atoms with van der Waals surface area (Å²) in [5.41, 5.74) is -0.106. The molecule has 0 saturated carbocycles. The van der Waals surface area contributed by atoms with E-state index in [1.807, 2.05) is 0 Å². The van der Waals surface area contributed by atoms with Crippen molar-refractivity contribution in [2.24, 2.45) is 0 Å². The van der Waals surface area contributed by atoms with Gasteiger partial charge in [0.2, 0.25) is 5.89 Å². The number of nitrogens with one attached hydrogen (secondary N) is 2. The first-order chi connectivity index (χ1) is 8.57. The Hall–Kier alpha value is -1.14. The SMILES string of the molecule is CC(C)NCc1nnc(NCC2(C)CCCO2)o1. The molecule has 1 aliphatic rings. The first-order valence-corrected chi connectivity index (χ1v) is 6.51. The topological polar surface area (TPSA) is 72.2 Å². The van der Waals surface area contributed by atoms with Crippen molar-refractivity contribution >= 4 is 6.01 Å². The zero-order valence-electron chi connectivity index (χ0n) is 11.3. The van der Waals surface area contributed by atoms with Crippen molar-refractivity contribution in [2.75, 3.05) is 18.5 Å². The summed E-state index contributed by atoms with van der Waals surface area (Å²) in [7, 11) is 0. The molecular weight excluding hydrogens is 232 g/mol. The Balaban J connectivity index is 1.79. The predicted octanol–water partition coefficient (Wildman–Crippen LogP) is 1.55. The fourth-order valence-corrected chi connectivity index (χ4v) is 1.93. The van der Waals surface area contributed by atoms with Crippen LogP contribution in [-0.2, 0) is 11.3 Å². The summed E-state index contributed by atoms with van der Waals surface area (Å²) in [6, 6.07) is 0.867. The van der Waals surface area contributed by atoms with Gasteiger partial charge in [0, 0.05) is 19.2 Å². The lowest BCUT2D eigenvalue weighted by atomic mass is 10.0. The first-order valence-electron chi connectivity index (χ1n) is 6.51. The number of rotatable bonds is 6. The van der Waals surface area contributed by atoms with E-state index in [2.05, 4.69) is 41.6 Å². The summed E-state index contributed by atoms with van der Waals surface area (Å²) in [6.07, 6.45) is 2.18. The van der Waals surface area contributed by atoms with Crippen LogP contribution in [0, 0.1) is 0 Å². The molecule has 1 aromatic rings. The molecule has 2 rings (SSSR count). The minimum atomic E-state index is -0.106. The fourth-order valence-electron chi connectivity index (χ4n) is 1.93. The van der Waals surface area contributed by atoms with Gasteiger partial charge in [0.25, 0.3) is 0 Å². The standard InChI is InChI=1S/C12H22N4O2/c1-9(2)13-7-10-15-16-11(18-10)14-8-12(3)5-4-6-17-12/h9,13H,4-8H2,1-3H3,(H,14,16). The Morgan fingerprint density at radius 2 is 2.22 bits per heavy atom. The quantitative estimate of drug-likeness (QED) is 0.802. The number of hydrogen-bond acceptors (Lipinski definition) is 6. The number of anilines is 1. The van der Waals surface area contributed by atoms with Gasteiger partial charge in [-0.1, -0.05) is 18.9 Å². The third-order valence-electron chi connectivity index (χ3n) is 3.04. The zero-order chi connectivity index (χ0) is 13.0. The van der Waals surface area contributed by atoms with Crippen molar-refractivity contribution in [3.05, 3.63) is 5.89 Å². The molecule has 1 saturated heterocycles. The van der Waals surface area contributed by atoms with Gasteiger partial charge in [-0.15, -0.1) is 5.10 Å². The van der Waals surface area contributed by atoms with Crippen LogP contribution in [0.4, 0.5) is 6.01 Å². The van der Waals surface area contributed by atoms with E-state index in [1.165, 1.54) is 0 Å². The Bertz CT molecular complexity index is 372. The van der Waals surface area contributed by atoms with E-state index in [1.54, 1.807) is 0 Å². The van der Waals surface area contributed by atoms with Crippen molar-refractivity contribution in [3.63, 3.8) is 0 Å². The monoisotopic (exact) mass is 254 g/mol. The highest BCUT2D eigenvalue weighted by atomic mass is 16.5. The highest BCUT2D eigenvalue weighted by Crippen LogP contribution is 2.25. The Morgan fingerprint density at radius 1 is 1.39 bits per heavy atom. The molecule has 0 radical (unpaired) electrons. The Morgan fingerprint density at radius 3 is 2.89 bits per heavy atom. The number of nitrogens with zero attached hydrogens (tertiary/aromatic N) is 2. The molecule has 0 bridgehead atoms. The largest absolute Gasteiger partial charge is 0.407 e. The van der Waals surface area contributed by atoms with Crippen LogP contribution >= 0.6 is 0 Å². The summed E-state index contributed by atoms with van der Waals surface area (Å²) in [4.78, 5) is 0. The zero-order valence-corrected chi connectivity index (χ0v) is 11.3. The van der Waals surface area contributed by atoms with Crippen LogP contribution in [0.15, 0.2) is 4.42 Å². The van der Waals surface area contributed by atoms with Crippen molar-refractivity contribution in [1.82, 2.24) is 15.5 Å². The van der Waals surface area contributed by atoms with Crippen LogP contribution in [0.5, 0.6) is 0 Å². The molecule has 0 aliphatic carbocycles. The second-order valence-electron chi connectivity index (χ2n) is 5.29. The summed E-state index contributed by atoms with van der Waals surface area (Å²) < 4.78 is 11.2. The summed E-state index contributed by atoms with van der Waals surface area (Å²) >= 11 is 0. The maximum absolute atomic E-state index is 5.68. The number of ether oxygens (including phenoxy) is 1. The average molecular weight is 254 g/mol. The molecule has 1 unspecified atom stereocenters. The number of hydrogen-bond donors (Lipinski definition) is 2. The van der Waals surface area contributed by atoms with Crippen LogP contribution < -0.4 is 10.6 Å². The van der Waals surface area contributed by atoms with Gasteiger partial charge < -0.3 is 19.8 Å².